The Morgan fingerprint density at radius 3 is 2.62 bits per heavy atom. The summed E-state index contributed by atoms with van der Waals surface area (Å²) in [6.45, 7) is 5.78. The lowest BCUT2D eigenvalue weighted by Crippen LogP contribution is -2.54. The fourth-order valence-corrected chi connectivity index (χ4v) is 3.73. The van der Waals surface area contributed by atoms with Crippen molar-refractivity contribution in [2.75, 3.05) is 13.1 Å². The lowest BCUT2D eigenvalue weighted by atomic mass is 9.85. The maximum atomic E-state index is 13.4. The number of H-pyrrole nitrogens is 1. The Hall–Kier alpha value is -3.43. The molecule has 9 nitrogen and oxygen atoms in total. The van der Waals surface area contributed by atoms with Crippen molar-refractivity contribution >= 4 is 12.0 Å². The molecular weight excluding hydrogens is 419 g/mol. The van der Waals surface area contributed by atoms with Gasteiger partial charge in [0.05, 0.1) is 24.4 Å². The highest BCUT2D eigenvalue weighted by atomic mass is 19.1. The van der Waals surface area contributed by atoms with Crippen LogP contribution in [-0.2, 0) is 16.0 Å². The molecule has 2 atom stereocenters. The number of rotatable bonds is 4. The first kappa shape index (κ1) is 23.2. The summed E-state index contributed by atoms with van der Waals surface area (Å²) in [7, 11) is 0. The molecule has 2 amide bonds. The van der Waals surface area contributed by atoms with Crippen LogP contribution in [0.4, 0.5) is 9.18 Å². The van der Waals surface area contributed by atoms with Crippen molar-refractivity contribution in [1.82, 2.24) is 20.2 Å². The van der Waals surface area contributed by atoms with Gasteiger partial charge >= 0.3 is 6.09 Å². The summed E-state index contributed by atoms with van der Waals surface area (Å²) in [6, 6.07) is 5.54. The zero-order chi connectivity index (χ0) is 23.5. The van der Waals surface area contributed by atoms with Crippen molar-refractivity contribution in [2.45, 2.75) is 51.2 Å². The average Bonchev–Trinajstić information content (AvgIpc) is 2.70. The number of aromatic nitrogens is 2. The summed E-state index contributed by atoms with van der Waals surface area (Å²) >= 11 is 0. The summed E-state index contributed by atoms with van der Waals surface area (Å²) < 4.78 is 18.8. The van der Waals surface area contributed by atoms with Crippen molar-refractivity contribution in [1.29, 1.82) is 0 Å². The van der Waals surface area contributed by atoms with Gasteiger partial charge in [0.25, 0.3) is 5.56 Å². The molecule has 1 aromatic carbocycles. The van der Waals surface area contributed by atoms with Gasteiger partial charge in [0, 0.05) is 19.0 Å². The standard InChI is InChI=1S/C22H27FN4O5/c1-22(2,3)32-21(31)26-17-11-27(9-8-15(17)13-4-6-14(23)7-5-13)18(28)10-16-19(29)24-12-25-20(16)30/h4-7,12,15,17H,8-11H2,1-3H3,(H,26,31)(H2,24,25,29,30)/t15-,17+/m0/s1. The first-order valence-corrected chi connectivity index (χ1v) is 10.3. The van der Waals surface area contributed by atoms with Crippen LogP contribution >= 0.6 is 0 Å². The van der Waals surface area contributed by atoms with E-state index < -0.39 is 29.2 Å². The van der Waals surface area contributed by atoms with E-state index in [0.717, 1.165) is 11.9 Å². The van der Waals surface area contributed by atoms with Gasteiger partial charge in [-0.2, -0.15) is 0 Å². The third-order valence-electron chi connectivity index (χ3n) is 5.22. The zero-order valence-corrected chi connectivity index (χ0v) is 18.2. The Balaban J connectivity index is 1.78. The predicted octanol–water partition coefficient (Wildman–Crippen LogP) is 2.07. The number of nitrogens with one attached hydrogen (secondary N) is 2. The number of amides is 2. The molecule has 1 aliphatic rings. The molecule has 1 fully saturated rings. The summed E-state index contributed by atoms with van der Waals surface area (Å²) in [6.07, 6.45) is 0.619. The summed E-state index contributed by atoms with van der Waals surface area (Å²) in [5.74, 6) is -1.40. The van der Waals surface area contributed by atoms with Crippen molar-refractivity contribution < 1.29 is 23.8 Å². The van der Waals surface area contributed by atoms with Gasteiger partial charge in [-0.1, -0.05) is 12.1 Å². The average molecular weight is 446 g/mol. The quantitative estimate of drug-likeness (QED) is 0.660. The SMILES string of the molecule is CC(C)(C)OC(=O)N[C@@H]1CN(C(=O)Cc2c(O)nc[nH]c2=O)CC[C@H]1c1ccc(F)cc1. The zero-order valence-electron chi connectivity index (χ0n) is 18.2. The number of halogens is 1. The van der Waals surface area contributed by atoms with Crippen LogP contribution in [0.15, 0.2) is 35.4 Å². The monoisotopic (exact) mass is 446 g/mol. The van der Waals surface area contributed by atoms with Gasteiger partial charge < -0.3 is 25.0 Å². The highest BCUT2D eigenvalue weighted by Crippen LogP contribution is 2.29. The Kier molecular flexibility index (Phi) is 6.81. The topological polar surface area (TPSA) is 125 Å². The van der Waals surface area contributed by atoms with E-state index in [4.69, 9.17) is 4.74 Å². The molecule has 0 unspecified atom stereocenters. The number of nitrogens with zero attached hydrogens (tertiary/aromatic N) is 2. The van der Waals surface area contributed by atoms with Crippen LogP contribution in [0.5, 0.6) is 5.88 Å². The maximum absolute atomic E-state index is 13.4. The second kappa shape index (κ2) is 9.37. The molecule has 0 aliphatic carbocycles. The van der Waals surface area contributed by atoms with Crippen molar-refractivity contribution in [3.05, 3.63) is 57.9 Å². The Morgan fingerprint density at radius 2 is 2.00 bits per heavy atom. The van der Waals surface area contributed by atoms with Crippen LogP contribution in [0, 0.1) is 5.82 Å². The van der Waals surface area contributed by atoms with Gasteiger partial charge in [0.15, 0.2) is 0 Å². The van der Waals surface area contributed by atoms with E-state index in [0.29, 0.717) is 13.0 Å². The number of benzene rings is 1. The van der Waals surface area contributed by atoms with Crippen molar-refractivity contribution in [3.8, 4) is 5.88 Å². The molecule has 1 aliphatic heterocycles. The Bertz CT molecular complexity index is 1030. The normalized spacial score (nSPS) is 18.8. The van der Waals surface area contributed by atoms with Gasteiger partial charge in [-0.25, -0.2) is 14.2 Å². The fourth-order valence-electron chi connectivity index (χ4n) is 3.73. The summed E-state index contributed by atoms with van der Waals surface area (Å²) in [4.78, 5) is 44.7. The molecule has 0 radical (unpaired) electrons. The number of hydrogen-bond donors (Lipinski definition) is 3. The minimum absolute atomic E-state index is 0.116. The maximum Gasteiger partial charge on any atom is 0.407 e. The van der Waals surface area contributed by atoms with E-state index in [-0.39, 0.29) is 36.2 Å². The summed E-state index contributed by atoms with van der Waals surface area (Å²) in [5, 5.41) is 12.7. The first-order valence-electron chi connectivity index (χ1n) is 10.3. The number of likely N-dealkylation sites (tertiary alicyclic amines) is 1. The largest absolute Gasteiger partial charge is 0.493 e. The van der Waals surface area contributed by atoms with Crippen LogP contribution in [-0.4, -0.2) is 56.7 Å². The minimum Gasteiger partial charge on any atom is -0.493 e. The molecule has 0 spiro atoms. The van der Waals surface area contributed by atoms with Crippen LogP contribution in [0.25, 0.3) is 0 Å². The van der Waals surface area contributed by atoms with Crippen LogP contribution in [0.3, 0.4) is 0 Å². The first-order chi connectivity index (χ1) is 15.0. The predicted molar refractivity (Wildman–Crippen MR) is 114 cm³/mol. The molecular formula is C22H27FN4O5. The van der Waals surface area contributed by atoms with Gasteiger partial charge in [-0.05, 0) is 44.9 Å². The van der Waals surface area contributed by atoms with E-state index in [1.54, 1.807) is 32.9 Å². The number of ether oxygens (including phenoxy) is 1. The molecule has 3 N–H and O–H groups in total. The summed E-state index contributed by atoms with van der Waals surface area (Å²) in [5.41, 5.74) is -0.565. The molecule has 2 aromatic rings. The lowest BCUT2D eigenvalue weighted by Gasteiger charge is -2.39. The molecule has 3 rings (SSSR count). The van der Waals surface area contributed by atoms with Crippen LogP contribution in [0.1, 0.15) is 44.2 Å². The smallest absolute Gasteiger partial charge is 0.407 e. The van der Waals surface area contributed by atoms with E-state index in [9.17, 15) is 23.9 Å². The Morgan fingerprint density at radius 1 is 1.31 bits per heavy atom. The van der Waals surface area contributed by atoms with Gasteiger partial charge in [-0.15, -0.1) is 0 Å². The van der Waals surface area contributed by atoms with Gasteiger partial charge in [0.1, 0.15) is 11.4 Å². The molecule has 172 valence electrons. The molecule has 1 saturated heterocycles. The molecule has 2 heterocycles. The van der Waals surface area contributed by atoms with E-state index in [2.05, 4.69) is 15.3 Å². The van der Waals surface area contributed by atoms with Crippen LogP contribution in [0.2, 0.25) is 0 Å². The van der Waals surface area contributed by atoms with Gasteiger partial charge in [-0.3, -0.25) is 9.59 Å². The molecule has 10 heteroatoms. The second-order valence-electron chi connectivity index (χ2n) is 8.75. The fraction of sp³-hybridized carbons (Fsp3) is 0.455. The number of carbonyl (C=O) groups excluding carboxylic acids is 2. The number of alkyl carbamates (subject to hydrolysis) is 1. The Labute approximate surface area is 184 Å². The van der Waals surface area contributed by atoms with E-state index >= 15 is 0 Å². The second-order valence-corrected chi connectivity index (χ2v) is 8.75. The third kappa shape index (κ3) is 5.83. The van der Waals surface area contributed by atoms with Crippen molar-refractivity contribution in [3.63, 3.8) is 0 Å². The third-order valence-corrected chi connectivity index (χ3v) is 5.22. The lowest BCUT2D eigenvalue weighted by molar-refractivity contribution is -0.132. The molecule has 0 saturated carbocycles. The number of hydrogen-bond acceptors (Lipinski definition) is 6. The van der Waals surface area contributed by atoms with E-state index in [1.165, 1.54) is 17.0 Å². The minimum atomic E-state index is -0.696. The van der Waals surface area contributed by atoms with E-state index in [1.807, 2.05) is 0 Å². The number of aromatic hydroxyl groups is 1. The van der Waals surface area contributed by atoms with Crippen molar-refractivity contribution in [2.24, 2.45) is 0 Å². The molecule has 1 aromatic heterocycles. The number of aromatic amines is 1. The van der Waals surface area contributed by atoms with Crippen LogP contribution < -0.4 is 10.9 Å². The number of carbonyl (C=O) groups is 2. The van der Waals surface area contributed by atoms with Gasteiger partial charge in [0.2, 0.25) is 11.8 Å². The number of piperidine rings is 1. The highest BCUT2D eigenvalue weighted by Gasteiger charge is 2.35. The molecule has 0 bridgehead atoms. The molecule has 32 heavy (non-hydrogen) atoms. The highest BCUT2D eigenvalue weighted by molar-refractivity contribution is 5.79.